The van der Waals surface area contributed by atoms with E-state index in [0.29, 0.717) is 0 Å². The van der Waals surface area contributed by atoms with Crippen molar-refractivity contribution in [2.45, 2.75) is 11.3 Å². The van der Waals surface area contributed by atoms with Crippen molar-refractivity contribution in [2.24, 2.45) is 0 Å². The molecule has 2 aromatic rings. The van der Waals surface area contributed by atoms with Crippen LogP contribution in [-0.4, -0.2) is 5.91 Å². The highest BCUT2D eigenvalue weighted by Crippen LogP contribution is 2.23. The number of hydrogen-bond donors (Lipinski definition) is 2. The number of thiol groups is 1. The molecule has 0 heterocycles. The molecular weight excluding hydrogens is 348 g/mol. The number of nitrogens with one attached hydrogen (secondary N) is 1. The lowest BCUT2D eigenvalue weighted by Gasteiger charge is -2.07. The van der Waals surface area contributed by atoms with Gasteiger partial charge >= 0.3 is 0 Å². The fraction of sp³-hybridized carbons (Fsp3) is 0.0714. The van der Waals surface area contributed by atoms with Gasteiger partial charge in [0.1, 0.15) is 11.6 Å². The van der Waals surface area contributed by atoms with Crippen molar-refractivity contribution in [3.8, 4) is 0 Å². The van der Waals surface area contributed by atoms with Gasteiger partial charge in [-0.05, 0) is 39.7 Å². The van der Waals surface area contributed by atoms with Gasteiger partial charge < -0.3 is 5.32 Å². The minimum Gasteiger partial charge on any atom is -0.323 e. The molecule has 2 aromatic carbocycles. The summed E-state index contributed by atoms with van der Waals surface area (Å²) in [7, 11) is 0. The van der Waals surface area contributed by atoms with Crippen LogP contribution in [0.5, 0.6) is 0 Å². The number of benzene rings is 2. The minimum absolute atomic E-state index is 0.0115. The van der Waals surface area contributed by atoms with Crippen molar-refractivity contribution in [1.29, 1.82) is 0 Å². The predicted molar refractivity (Wildman–Crippen MR) is 80.1 cm³/mol. The SMILES string of the molecule is O=C(Cc1ccc(S)cc1)Nc1cc(F)c(Br)cc1F. The van der Waals surface area contributed by atoms with E-state index in [0.717, 1.165) is 22.6 Å². The second-order valence-electron chi connectivity index (χ2n) is 4.14. The average molecular weight is 358 g/mol. The molecule has 2 nitrogen and oxygen atoms in total. The third-order valence-electron chi connectivity index (χ3n) is 2.59. The van der Waals surface area contributed by atoms with Crippen molar-refractivity contribution in [2.75, 3.05) is 5.32 Å². The molecule has 6 heteroatoms. The smallest absolute Gasteiger partial charge is 0.228 e. The van der Waals surface area contributed by atoms with Crippen molar-refractivity contribution >= 4 is 40.2 Å². The molecule has 1 amide bonds. The average Bonchev–Trinajstić information content (AvgIpc) is 2.39. The van der Waals surface area contributed by atoms with Crippen LogP contribution in [0.2, 0.25) is 0 Å². The van der Waals surface area contributed by atoms with Gasteiger partial charge in [0.15, 0.2) is 0 Å². The molecule has 0 unspecified atom stereocenters. The Hall–Kier alpha value is -1.40. The first-order valence-electron chi connectivity index (χ1n) is 5.68. The summed E-state index contributed by atoms with van der Waals surface area (Å²) in [5, 5.41) is 2.35. The van der Waals surface area contributed by atoms with Crippen molar-refractivity contribution < 1.29 is 13.6 Å². The summed E-state index contributed by atoms with van der Waals surface area (Å²) in [5.74, 6) is -1.75. The summed E-state index contributed by atoms with van der Waals surface area (Å²) >= 11 is 7.01. The van der Waals surface area contributed by atoms with E-state index < -0.39 is 17.5 Å². The Kier molecular flexibility index (Phi) is 4.77. The molecular formula is C14H10BrF2NOS. The molecule has 0 atom stereocenters. The van der Waals surface area contributed by atoms with Crippen LogP contribution in [0.25, 0.3) is 0 Å². The van der Waals surface area contributed by atoms with E-state index in [2.05, 4.69) is 33.9 Å². The van der Waals surface area contributed by atoms with Crippen LogP contribution in [0, 0.1) is 11.6 Å². The van der Waals surface area contributed by atoms with Crippen molar-refractivity contribution in [3.05, 3.63) is 58.1 Å². The zero-order valence-corrected chi connectivity index (χ0v) is 12.6. The topological polar surface area (TPSA) is 29.1 Å². The Bertz CT molecular complexity index is 646. The molecule has 20 heavy (non-hydrogen) atoms. The van der Waals surface area contributed by atoms with Crippen LogP contribution in [-0.2, 0) is 11.2 Å². The Morgan fingerprint density at radius 2 is 1.80 bits per heavy atom. The molecule has 104 valence electrons. The van der Waals surface area contributed by atoms with E-state index in [1.807, 2.05) is 0 Å². The zero-order valence-electron chi connectivity index (χ0n) is 10.2. The molecule has 0 saturated carbocycles. The number of amides is 1. The molecule has 0 fully saturated rings. The maximum Gasteiger partial charge on any atom is 0.228 e. The lowest BCUT2D eigenvalue weighted by Crippen LogP contribution is -2.15. The molecule has 0 aromatic heterocycles. The van der Waals surface area contributed by atoms with Gasteiger partial charge in [-0.25, -0.2) is 8.78 Å². The molecule has 0 spiro atoms. The Labute approximate surface area is 128 Å². The summed E-state index contributed by atoms with van der Waals surface area (Å²) in [5.41, 5.74) is 0.583. The van der Waals surface area contributed by atoms with Crippen LogP contribution >= 0.6 is 28.6 Å². The molecule has 0 aliphatic carbocycles. The molecule has 0 aliphatic rings. The van der Waals surface area contributed by atoms with Gasteiger partial charge in [-0.1, -0.05) is 12.1 Å². The first-order chi connectivity index (χ1) is 9.45. The molecule has 0 aliphatic heterocycles. The maximum absolute atomic E-state index is 13.6. The number of hydrogen-bond acceptors (Lipinski definition) is 2. The van der Waals surface area contributed by atoms with Crippen LogP contribution < -0.4 is 5.32 Å². The van der Waals surface area contributed by atoms with Gasteiger partial charge in [0.2, 0.25) is 5.91 Å². The number of rotatable bonds is 3. The normalized spacial score (nSPS) is 10.4. The zero-order chi connectivity index (χ0) is 14.7. The third-order valence-corrected chi connectivity index (χ3v) is 3.49. The standard InChI is InChI=1S/C14H10BrF2NOS/c15-10-6-12(17)13(7-11(10)16)18-14(19)5-8-1-3-9(20)4-2-8/h1-4,6-7,20H,5H2,(H,18,19). The highest BCUT2D eigenvalue weighted by atomic mass is 79.9. The summed E-state index contributed by atoms with van der Waals surface area (Å²) in [6.07, 6.45) is 0.0746. The fourth-order valence-corrected chi connectivity index (χ4v) is 2.08. The Morgan fingerprint density at radius 3 is 2.45 bits per heavy atom. The van der Waals surface area contributed by atoms with E-state index >= 15 is 0 Å². The predicted octanol–water partition coefficient (Wildman–Crippen LogP) is 4.20. The molecule has 0 radical (unpaired) electrons. The van der Waals surface area contributed by atoms with E-state index in [4.69, 9.17) is 0 Å². The molecule has 0 bridgehead atoms. The second kappa shape index (κ2) is 6.37. The van der Waals surface area contributed by atoms with Gasteiger partial charge in [-0.15, -0.1) is 12.6 Å². The van der Waals surface area contributed by atoms with Gasteiger partial charge in [0.25, 0.3) is 0 Å². The maximum atomic E-state index is 13.6. The number of anilines is 1. The Morgan fingerprint density at radius 1 is 1.15 bits per heavy atom. The monoisotopic (exact) mass is 357 g/mol. The number of carbonyl (C=O) groups excluding carboxylic acids is 1. The minimum atomic E-state index is -0.697. The van der Waals surface area contributed by atoms with E-state index in [1.54, 1.807) is 24.3 Å². The highest BCUT2D eigenvalue weighted by molar-refractivity contribution is 9.10. The molecule has 1 N–H and O–H groups in total. The van der Waals surface area contributed by atoms with Crippen LogP contribution in [0.3, 0.4) is 0 Å². The highest BCUT2D eigenvalue weighted by Gasteiger charge is 2.11. The first-order valence-corrected chi connectivity index (χ1v) is 6.92. The lowest BCUT2D eigenvalue weighted by molar-refractivity contribution is -0.115. The van der Waals surface area contributed by atoms with Gasteiger partial charge in [0.05, 0.1) is 16.6 Å². The molecule has 2 rings (SSSR count). The Balaban J connectivity index is 2.08. The van der Waals surface area contributed by atoms with Crippen LogP contribution in [0.4, 0.5) is 14.5 Å². The summed E-state index contributed by atoms with van der Waals surface area (Å²) in [6.45, 7) is 0. The van der Waals surface area contributed by atoms with E-state index in [1.165, 1.54) is 0 Å². The quantitative estimate of drug-likeness (QED) is 0.625. The van der Waals surface area contributed by atoms with E-state index in [9.17, 15) is 13.6 Å². The number of halogens is 3. The number of carbonyl (C=O) groups is 1. The van der Waals surface area contributed by atoms with Crippen LogP contribution in [0.1, 0.15) is 5.56 Å². The summed E-state index contributed by atoms with van der Waals surface area (Å²) < 4.78 is 26.9. The fourth-order valence-electron chi connectivity index (χ4n) is 1.61. The third kappa shape index (κ3) is 3.80. The van der Waals surface area contributed by atoms with Gasteiger partial charge in [-0.2, -0.15) is 0 Å². The lowest BCUT2D eigenvalue weighted by atomic mass is 10.1. The first kappa shape index (κ1) is 15.0. The van der Waals surface area contributed by atoms with Gasteiger partial charge in [0, 0.05) is 11.0 Å². The van der Waals surface area contributed by atoms with Gasteiger partial charge in [-0.3, -0.25) is 4.79 Å². The van der Waals surface area contributed by atoms with Crippen molar-refractivity contribution in [1.82, 2.24) is 0 Å². The summed E-state index contributed by atoms with van der Waals surface area (Å²) in [4.78, 5) is 12.6. The van der Waals surface area contributed by atoms with Crippen molar-refractivity contribution in [3.63, 3.8) is 0 Å². The largest absolute Gasteiger partial charge is 0.323 e. The van der Waals surface area contributed by atoms with E-state index in [-0.39, 0.29) is 16.6 Å². The van der Waals surface area contributed by atoms with Crippen LogP contribution in [0.15, 0.2) is 45.8 Å². The summed E-state index contributed by atoms with van der Waals surface area (Å²) in [6, 6.07) is 8.92. The second-order valence-corrected chi connectivity index (χ2v) is 5.51. The molecule has 0 saturated heterocycles.